The summed E-state index contributed by atoms with van der Waals surface area (Å²) >= 11 is 0. The van der Waals surface area contributed by atoms with E-state index in [1.54, 1.807) is 6.07 Å². The minimum atomic E-state index is -0.948. The minimum Gasteiger partial charge on any atom is -0.355 e. The van der Waals surface area contributed by atoms with Gasteiger partial charge in [0.1, 0.15) is 0 Å². The fourth-order valence-corrected chi connectivity index (χ4v) is 4.75. The van der Waals surface area contributed by atoms with Gasteiger partial charge in [-0.3, -0.25) is 5.10 Å². The van der Waals surface area contributed by atoms with Gasteiger partial charge in [0, 0.05) is 47.1 Å². The summed E-state index contributed by atoms with van der Waals surface area (Å²) in [6, 6.07) is 6.83. The maximum Gasteiger partial charge on any atom is 0.168 e. The smallest absolute Gasteiger partial charge is 0.168 e. The summed E-state index contributed by atoms with van der Waals surface area (Å²) in [6.07, 6.45) is 4.90. The van der Waals surface area contributed by atoms with E-state index in [2.05, 4.69) is 58.3 Å². The molecular formula is C23H28F2N6. The molecule has 6 nitrogen and oxygen atoms in total. The van der Waals surface area contributed by atoms with Gasteiger partial charge in [-0.2, -0.15) is 5.10 Å². The molecule has 0 bridgehead atoms. The van der Waals surface area contributed by atoms with Crippen LogP contribution in [0.2, 0.25) is 0 Å². The molecule has 2 N–H and O–H groups in total. The zero-order chi connectivity index (χ0) is 22.4. The predicted octanol–water partition coefficient (Wildman–Crippen LogP) is 4.56. The second kappa shape index (κ2) is 7.67. The Bertz CT molecular complexity index is 1040. The van der Waals surface area contributed by atoms with Gasteiger partial charge in [-0.25, -0.2) is 8.78 Å². The molecule has 0 unspecified atom stereocenters. The number of nitrogens with one attached hydrogen (secondary N) is 2. The van der Waals surface area contributed by atoms with Crippen LogP contribution in [0.25, 0.3) is 22.4 Å². The lowest BCUT2D eigenvalue weighted by molar-refractivity contribution is 0.160. The molecule has 3 heterocycles. The van der Waals surface area contributed by atoms with Crippen molar-refractivity contribution in [1.29, 1.82) is 0 Å². The van der Waals surface area contributed by atoms with Crippen LogP contribution in [0, 0.1) is 11.6 Å². The Morgan fingerprint density at radius 1 is 0.935 bits per heavy atom. The summed E-state index contributed by atoms with van der Waals surface area (Å²) < 4.78 is 29.4. The normalized spacial score (nSPS) is 18.2. The molecule has 0 radical (unpaired) electrons. The Hall–Kier alpha value is -2.87. The van der Waals surface area contributed by atoms with Crippen molar-refractivity contribution in [1.82, 2.24) is 25.7 Å². The fourth-order valence-electron chi connectivity index (χ4n) is 4.75. The van der Waals surface area contributed by atoms with Crippen molar-refractivity contribution >= 4 is 5.82 Å². The Labute approximate surface area is 181 Å². The molecule has 0 amide bonds. The quantitative estimate of drug-likeness (QED) is 0.640. The van der Waals surface area contributed by atoms with Crippen LogP contribution in [0.1, 0.15) is 40.5 Å². The summed E-state index contributed by atoms with van der Waals surface area (Å²) in [4.78, 5) is 2.13. The third kappa shape index (κ3) is 4.30. The maximum absolute atomic E-state index is 14.8. The van der Waals surface area contributed by atoms with Crippen LogP contribution in [-0.2, 0) is 0 Å². The van der Waals surface area contributed by atoms with E-state index >= 15 is 0 Å². The highest BCUT2D eigenvalue weighted by molar-refractivity contribution is 5.69. The number of halogens is 2. The van der Waals surface area contributed by atoms with Gasteiger partial charge < -0.3 is 10.2 Å². The molecule has 0 aliphatic carbocycles. The third-order valence-corrected chi connectivity index (χ3v) is 5.90. The molecule has 164 valence electrons. The van der Waals surface area contributed by atoms with Gasteiger partial charge in [0.05, 0.1) is 11.9 Å². The first-order valence-corrected chi connectivity index (χ1v) is 10.4. The van der Waals surface area contributed by atoms with Gasteiger partial charge in [0.15, 0.2) is 17.5 Å². The highest BCUT2D eigenvalue weighted by Gasteiger charge is 2.39. The molecule has 3 aromatic rings. The highest BCUT2D eigenvalue weighted by atomic mass is 19.2. The topological polar surface area (TPSA) is 69.7 Å². The molecular weight excluding hydrogens is 398 g/mol. The molecule has 1 aromatic carbocycles. The van der Waals surface area contributed by atoms with Crippen molar-refractivity contribution in [3.05, 3.63) is 48.3 Å². The number of piperidine rings is 1. The molecule has 0 saturated carbocycles. The van der Waals surface area contributed by atoms with Crippen LogP contribution >= 0.6 is 0 Å². The second-order valence-corrected chi connectivity index (χ2v) is 9.62. The lowest BCUT2D eigenvalue weighted by Gasteiger charge is -2.49. The van der Waals surface area contributed by atoms with Crippen molar-refractivity contribution in [2.45, 2.75) is 57.7 Å². The number of hydrogen-bond donors (Lipinski definition) is 2. The molecule has 4 rings (SSSR count). The largest absolute Gasteiger partial charge is 0.355 e. The van der Waals surface area contributed by atoms with Crippen LogP contribution in [0.5, 0.6) is 0 Å². The van der Waals surface area contributed by atoms with E-state index in [-0.39, 0.29) is 28.2 Å². The van der Waals surface area contributed by atoms with Gasteiger partial charge in [0.2, 0.25) is 0 Å². The highest BCUT2D eigenvalue weighted by Crippen LogP contribution is 2.34. The van der Waals surface area contributed by atoms with Crippen LogP contribution in [0.3, 0.4) is 0 Å². The predicted molar refractivity (Wildman–Crippen MR) is 118 cm³/mol. The summed E-state index contributed by atoms with van der Waals surface area (Å²) in [7, 11) is 2.01. The molecule has 0 atom stereocenters. The van der Waals surface area contributed by atoms with Crippen LogP contribution in [0.15, 0.2) is 36.7 Å². The van der Waals surface area contributed by atoms with E-state index in [0.29, 0.717) is 17.1 Å². The lowest BCUT2D eigenvalue weighted by Crippen LogP contribution is -2.62. The minimum absolute atomic E-state index is 0.00539. The van der Waals surface area contributed by atoms with Gasteiger partial charge >= 0.3 is 0 Å². The standard InChI is InChI=1S/C23H28F2N6/c1-22(2)10-15(11-23(3,4)30-22)31(5)19-9-8-18(28-29-19)17-7-6-16(20(24)21(17)25)14-12-26-27-13-14/h6-9,12-13,15,30H,10-11H2,1-5H3,(H,26,27). The van der Waals surface area contributed by atoms with Crippen molar-refractivity contribution in [3.8, 4) is 22.4 Å². The van der Waals surface area contributed by atoms with Crippen LogP contribution in [0.4, 0.5) is 14.6 Å². The van der Waals surface area contributed by atoms with E-state index in [9.17, 15) is 8.78 Å². The summed E-state index contributed by atoms with van der Waals surface area (Å²) in [5.41, 5.74) is 1.01. The third-order valence-electron chi connectivity index (χ3n) is 5.90. The Morgan fingerprint density at radius 2 is 1.58 bits per heavy atom. The van der Waals surface area contributed by atoms with E-state index in [0.717, 1.165) is 12.8 Å². The first kappa shape index (κ1) is 21.4. The van der Waals surface area contributed by atoms with E-state index in [4.69, 9.17) is 0 Å². The van der Waals surface area contributed by atoms with Crippen molar-refractivity contribution in [2.75, 3.05) is 11.9 Å². The SMILES string of the molecule is CN(c1ccc(-c2ccc(-c3cn[nH]c3)c(F)c2F)nn1)C1CC(C)(C)NC(C)(C)C1. The van der Waals surface area contributed by atoms with Crippen LogP contribution in [-0.4, -0.2) is 44.6 Å². The number of aromatic nitrogens is 4. The molecule has 1 saturated heterocycles. The van der Waals surface area contributed by atoms with E-state index in [1.165, 1.54) is 24.5 Å². The number of rotatable bonds is 4. The number of aromatic amines is 1. The summed E-state index contributed by atoms with van der Waals surface area (Å²) in [6.45, 7) is 8.81. The number of anilines is 1. The summed E-state index contributed by atoms with van der Waals surface area (Å²) in [5.74, 6) is -1.17. The fraction of sp³-hybridized carbons (Fsp3) is 0.435. The van der Waals surface area contributed by atoms with E-state index in [1.807, 2.05) is 13.1 Å². The Balaban J connectivity index is 1.58. The maximum atomic E-state index is 14.8. The Morgan fingerprint density at radius 3 is 2.16 bits per heavy atom. The molecule has 1 aliphatic rings. The average molecular weight is 427 g/mol. The average Bonchev–Trinajstić information content (AvgIpc) is 3.22. The number of benzene rings is 1. The van der Waals surface area contributed by atoms with Gasteiger partial charge in [-0.1, -0.05) is 6.07 Å². The van der Waals surface area contributed by atoms with Gasteiger partial charge in [0.25, 0.3) is 0 Å². The second-order valence-electron chi connectivity index (χ2n) is 9.62. The molecule has 31 heavy (non-hydrogen) atoms. The monoisotopic (exact) mass is 426 g/mol. The number of nitrogens with zero attached hydrogens (tertiary/aromatic N) is 4. The van der Waals surface area contributed by atoms with Crippen LogP contribution < -0.4 is 10.2 Å². The van der Waals surface area contributed by atoms with Gasteiger partial charge in [-0.05, 0) is 58.7 Å². The first-order chi connectivity index (χ1) is 14.6. The van der Waals surface area contributed by atoms with Crippen molar-refractivity contribution in [3.63, 3.8) is 0 Å². The number of H-pyrrole nitrogens is 1. The zero-order valence-corrected chi connectivity index (χ0v) is 18.5. The van der Waals surface area contributed by atoms with Gasteiger partial charge in [-0.15, -0.1) is 10.2 Å². The van der Waals surface area contributed by atoms with Crippen molar-refractivity contribution < 1.29 is 8.78 Å². The molecule has 1 fully saturated rings. The number of hydrogen-bond acceptors (Lipinski definition) is 5. The molecule has 1 aliphatic heterocycles. The zero-order valence-electron chi connectivity index (χ0n) is 18.5. The van der Waals surface area contributed by atoms with Crippen molar-refractivity contribution in [2.24, 2.45) is 0 Å². The summed E-state index contributed by atoms with van der Waals surface area (Å²) in [5, 5.41) is 18.6. The molecule has 8 heteroatoms. The first-order valence-electron chi connectivity index (χ1n) is 10.4. The van der Waals surface area contributed by atoms with E-state index < -0.39 is 11.6 Å². The Kier molecular flexibility index (Phi) is 5.29. The molecule has 2 aromatic heterocycles. The lowest BCUT2D eigenvalue weighted by atomic mass is 9.79. The molecule has 0 spiro atoms.